The van der Waals surface area contributed by atoms with E-state index >= 15 is 0 Å². The zero-order chi connectivity index (χ0) is 11.6. The normalized spacial score (nSPS) is 17.3. The summed E-state index contributed by atoms with van der Waals surface area (Å²) in [7, 11) is 0. The van der Waals surface area contributed by atoms with Gasteiger partial charge in [-0.2, -0.15) is 0 Å². The summed E-state index contributed by atoms with van der Waals surface area (Å²) in [6, 6.07) is 0. The third kappa shape index (κ3) is 2.03. The van der Waals surface area contributed by atoms with Gasteiger partial charge < -0.3 is 9.47 Å². The maximum Gasteiger partial charge on any atom is 0.335 e. The van der Waals surface area contributed by atoms with Crippen LogP contribution < -0.4 is 0 Å². The highest BCUT2D eigenvalue weighted by atomic mass is 16.5. The van der Waals surface area contributed by atoms with Gasteiger partial charge in [0.1, 0.15) is 0 Å². The number of ether oxygens (including phenoxy) is 2. The van der Waals surface area contributed by atoms with Crippen molar-refractivity contribution in [1.82, 2.24) is 0 Å². The van der Waals surface area contributed by atoms with E-state index in [1.165, 1.54) is 0 Å². The quantitative estimate of drug-likeness (QED) is 0.662. The predicted molar refractivity (Wildman–Crippen MR) is 54.1 cm³/mol. The highest BCUT2D eigenvalue weighted by Crippen LogP contribution is 2.52. The fourth-order valence-corrected chi connectivity index (χ4v) is 1.59. The van der Waals surface area contributed by atoms with Crippen LogP contribution >= 0.6 is 0 Å². The van der Waals surface area contributed by atoms with E-state index < -0.39 is 17.4 Å². The molecule has 0 aromatic carbocycles. The molecule has 0 spiro atoms. The largest absolute Gasteiger partial charge is 0.463 e. The van der Waals surface area contributed by atoms with Gasteiger partial charge in [0.05, 0.1) is 24.4 Å². The first kappa shape index (κ1) is 11.8. The molecule has 0 bridgehead atoms. The van der Waals surface area contributed by atoms with E-state index in [2.05, 4.69) is 0 Å². The molecule has 0 atom stereocenters. The minimum Gasteiger partial charge on any atom is -0.463 e. The zero-order valence-electron chi connectivity index (χ0n) is 9.55. The van der Waals surface area contributed by atoms with Crippen molar-refractivity contribution in [3.05, 3.63) is 11.1 Å². The van der Waals surface area contributed by atoms with Crippen LogP contribution in [-0.4, -0.2) is 25.2 Å². The van der Waals surface area contributed by atoms with Gasteiger partial charge in [0, 0.05) is 5.41 Å². The lowest BCUT2D eigenvalue weighted by Crippen LogP contribution is -2.08. The van der Waals surface area contributed by atoms with Crippen molar-refractivity contribution in [2.24, 2.45) is 5.41 Å². The molecule has 0 amide bonds. The van der Waals surface area contributed by atoms with Crippen LogP contribution in [0.15, 0.2) is 11.1 Å². The topological polar surface area (TPSA) is 52.6 Å². The summed E-state index contributed by atoms with van der Waals surface area (Å²) in [4.78, 5) is 22.9. The van der Waals surface area contributed by atoms with E-state index in [0.717, 1.165) is 0 Å². The molecule has 84 valence electrons. The van der Waals surface area contributed by atoms with Gasteiger partial charge in [-0.3, -0.25) is 0 Å². The van der Waals surface area contributed by atoms with Crippen molar-refractivity contribution in [2.45, 2.75) is 27.7 Å². The molecule has 15 heavy (non-hydrogen) atoms. The van der Waals surface area contributed by atoms with E-state index in [0.29, 0.717) is 24.4 Å². The van der Waals surface area contributed by atoms with Crippen LogP contribution in [-0.2, 0) is 19.1 Å². The maximum absolute atomic E-state index is 11.5. The summed E-state index contributed by atoms with van der Waals surface area (Å²) in [6.45, 7) is 7.72. The van der Waals surface area contributed by atoms with Gasteiger partial charge in [0.2, 0.25) is 0 Å². The second-order valence-corrected chi connectivity index (χ2v) is 3.82. The molecule has 1 rings (SSSR count). The van der Waals surface area contributed by atoms with Crippen LogP contribution in [0.2, 0.25) is 0 Å². The molecule has 4 heteroatoms. The molecular weight excluding hydrogens is 196 g/mol. The Kier molecular flexibility index (Phi) is 3.17. The molecule has 0 saturated carbocycles. The third-order valence-corrected chi connectivity index (χ3v) is 2.40. The van der Waals surface area contributed by atoms with E-state index in [1.807, 2.05) is 13.8 Å². The summed E-state index contributed by atoms with van der Waals surface area (Å²) < 4.78 is 9.71. The van der Waals surface area contributed by atoms with Gasteiger partial charge in [-0.1, -0.05) is 13.8 Å². The van der Waals surface area contributed by atoms with Crippen LogP contribution in [0, 0.1) is 5.41 Å². The van der Waals surface area contributed by atoms with Gasteiger partial charge in [0.25, 0.3) is 0 Å². The molecule has 0 unspecified atom stereocenters. The Morgan fingerprint density at radius 2 is 1.33 bits per heavy atom. The molecule has 0 aromatic heterocycles. The van der Waals surface area contributed by atoms with Gasteiger partial charge in [-0.15, -0.1) is 0 Å². The number of carbonyl (C=O) groups excluding carboxylic acids is 2. The molecule has 1 aliphatic carbocycles. The Bertz CT molecular complexity index is 295. The van der Waals surface area contributed by atoms with Crippen molar-refractivity contribution in [3.63, 3.8) is 0 Å². The SMILES string of the molecule is CCOC(=O)C1=C(C(=O)OCC)C1(C)C. The monoisotopic (exact) mass is 212 g/mol. The van der Waals surface area contributed by atoms with Crippen molar-refractivity contribution >= 4 is 11.9 Å². The Morgan fingerprint density at radius 1 is 1.00 bits per heavy atom. The van der Waals surface area contributed by atoms with E-state index in [9.17, 15) is 9.59 Å². The minimum absolute atomic E-state index is 0.314. The van der Waals surface area contributed by atoms with E-state index in [1.54, 1.807) is 13.8 Å². The second-order valence-electron chi connectivity index (χ2n) is 3.82. The lowest BCUT2D eigenvalue weighted by atomic mass is 10.0. The fourth-order valence-electron chi connectivity index (χ4n) is 1.59. The molecule has 1 aliphatic rings. The molecule has 0 fully saturated rings. The zero-order valence-corrected chi connectivity index (χ0v) is 9.55. The first-order chi connectivity index (χ1) is 6.96. The maximum atomic E-state index is 11.5. The summed E-state index contributed by atoms with van der Waals surface area (Å²) in [5.74, 6) is -0.823. The van der Waals surface area contributed by atoms with Gasteiger partial charge in [-0.05, 0) is 13.8 Å². The molecular formula is C11H16O4. The van der Waals surface area contributed by atoms with Gasteiger partial charge in [0.15, 0.2) is 0 Å². The third-order valence-electron chi connectivity index (χ3n) is 2.40. The molecule has 0 aliphatic heterocycles. The molecule has 4 nitrogen and oxygen atoms in total. The average Bonchev–Trinajstić information content (AvgIpc) is 2.70. The smallest absolute Gasteiger partial charge is 0.335 e. The van der Waals surface area contributed by atoms with Crippen LogP contribution in [0.1, 0.15) is 27.7 Å². The van der Waals surface area contributed by atoms with E-state index in [-0.39, 0.29) is 0 Å². The Labute approximate surface area is 89.2 Å². The molecule has 0 aromatic rings. The molecule has 0 N–H and O–H groups in total. The fraction of sp³-hybridized carbons (Fsp3) is 0.636. The summed E-state index contributed by atoms with van der Waals surface area (Å²) >= 11 is 0. The second kappa shape index (κ2) is 4.04. The number of hydrogen-bond donors (Lipinski definition) is 0. The Hall–Kier alpha value is -1.32. The standard InChI is InChI=1S/C11H16O4/c1-5-14-9(12)7-8(11(7,3)4)10(13)15-6-2/h5-6H2,1-4H3. The Balaban J connectivity index is 2.78. The van der Waals surface area contributed by atoms with Gasteiger partial charge >= 0.3 is 11.9 Å². The van der Waals surface area contributed by atoms with Crippen LogP contribution in [0.25, 0.3) is 0 Å². The Morgan fingerprint density at radius 3 is 1.60 bits per heavy atom. The van der Waals surface area contributed by atoms with Crippen LogP contribution in [0.4, 0.5) is 0 Å². The molecule has 0 saturated heterocycles. The van der Waals surface area contributed by atoms with Gasteiger partial charge in [-0.25, -0.2) is 9.59 Å². The lowest BCUT2D eigenvalue weighted by molar-refractivity contribution is -0.140. The van der Waals surface area contributed by atoms with Crippen LogP contribution in [0.3, 0.4) is 0 Å². The van der Waals surface area contributed by atoms with Crippen molar-refractivity contribution in [1.29, 1.82) is 0 Å². The van der Waals surface area contributed by atoms with Crippen molar-refractivity contribution in [2.75, 3.05) is 13.2 Å². The highest BCUT2D eigenvalue weighted by molar-refractivity contribution is 6.11. The summed E-state index contributed by atoms with van der Waals surface area (Å²) in [5.41, 5.74) is 0.406. The number of carbonyl (C=O) groups is 2. The molecule has 0 heterocycles. The number of esters is 2. The highest BCUT2D eigenvalue weighted by Gasteiger charge is 2.54. The average molecular weight is 212 g/mol. The molecule has 0 radical (unpaired) electrons. The summed E-state index contributed by atoms with van der Waals surface area (Å²) in [5, 5.41) is 0. The minimum atomic E-state index is -0.488. The van der Waals surface area contributed by atoms with E-state index in [4.69, 9.17) is 9.47 Å². The first-order valence-corrected chi connectivity index (χ1v) is 5.06. The summed E-state index contributed by atoms with van der Waals surface area (Å²) in [6.07, 6.45) is 0. The first-order valence-electron chi connectivity index (χ1n) is 5.06. The number of hydrogen-bond acceptors (Lipinski definition) is 4. The number of rotatable bonds is 4. The predicted octanol–water partition coefficient (Wildman–Crippen LogP) is 1.45. The van der Waals surface area contributed by atoms with Crippen LogP contribution in [0.5, 0.6) is 0 Å². The lowest BCUT2D eigenvalue weighted by Gasteiger charge is -2.04. The van der Waals surface area contributed by atoms with Crippen molar-refractivity contribution < 1.29 is 19.1 Å². The van der Waals surface area contributed by atoms with Crippen molar-refractivity contribution in [3.8, 4) is 0 Å².